The first-order valence-electron chi connectivity index (χ1n) is 11.0. The van der Waals surface area contributed by atoms with E-state index in [1.807, 2.05) is 11.0 Å². The molecule has 7 heteroatoms. The molecule has 3 atom stereocenters. The van der Waals surface area contributed by atoms with Crippen molar-refractivity contribution in [2.45, 2.75) is 51.0 Å². The summed E-state index contributed by atoms with van der Waals surface area (Å²) in [6.45, 7) is 8.37. The van der Waals surface area contributed by atoms with Crippen molar-refractivity contribution in [2.24, 2.45) is 5.41 Å². The predicted octanol–water partition coefficient (Wildman–Crippen LogP) is 3.74. The van der Waals surface area contributed by atoms with Crippen LogP contribution in [-0.4, -0.2) is 58.6 Å². The lowest BCUT2D eigenvalue weighted by Gasteiger charge is -2.52. The van der Waals surface area contributed by atoms with E-state index in [1.165, 1.54) is 18.2 Å². The highest BCUT2D eigenvalue weighted by atomic mass is 19.1. The summed E-state index contributed by atoms with van der Waals surface area (Å²) in [6.07, 6.45) is 1.97. The van der Waals surface area contributed by atoms with Gasteiger partial charge in [-0.2, -0.15) is 10.2 Å². The Morgan fingerprint density at radius 3 is 2.55 bits per heavy atom. The van der Waals surface area contributed by atoms with E-state index in [2.05, 4.69) is 36.0 Å². The summed E-state index contributed by atoms with van der Waals surface area (Å²) < 4.78 is 28.8. The van der Waals surface area contributed by atoms with Gasteiger partial charge in [0.2, 0.25) is 5.91 Å². The Balaban J connectivity index is 1.64. The zero-order valence-corrected chi connectivity index (χ0v) is 18.5. The maximum atomic E-state index is 14.4. The first-order chi connectivity index (χ1) is 14.7. The highest BCUT2D eigenvalue weighted by Gasteiger charge is 2.67. The van der Waals surface area contributed by atoms with E-state index in [0.717, 1.165) is 37.2 Å². The standard InChI is InChI=1S/C24H28F2N4O/c1-14(31)30-11-10-29(4)20(13-30)24-9-8-16(23(24,2)3)15-12-19(27-28-22(15)24)21-17(25)6-5-7-18(21)26/h5-7,12,16,20H,8-11,13H2,1-4H3. The second-order valence-electron chi connectivity index (χ2n) is 9.88. The Bertz CT molecular complexity index is 1050. The number of nitrogens with zero attached hydrogens (tertiary/aromatic N) is 4. The summed E-state index contributed by atoms with van der Waals surface area (Å²) in [6, 6.07) is 5.82. The van der Waals surface area contributed by atoms with Gasteiger partial charge in [-0.05, 0) is 55.0 Å². The number of hydrogen-bond donors (Lipinski definition) is 0. The summed E-state index contributed by atoms with van der Waals surface area (Å²) in [5, 5.41) is 8.95. The molecular weight excluding hydrogens is 398 g/mol. The molecule has 2 aliphatic carbocycles. The molecule has 2 heterocycles. The molecule has 164 valence electrons. The smallest absolute Gasteiger partial charge is 0.219 e. The quantitative estimate of drug-likeness (QED) is 0.734. The number of likely N-dealkylation sites (N-methyl/N-ethyl adjacent to an activating group) is 1. The molecule has 0 spiro atoms. The largest absolute Gasteiger partial charge is 0.340 e. The molecule has 1 aromatic heterocycles. The van der Waals surface area contributed by atoms with Crippen molar-refractivity contribution in [3.8, 4) is 11.3 Å². The molecule has 1 aromatic carbocycles. The number of benzene rings is 1. The van der Waals surface area contributed by atoms with E-state index >= 15 is 0 Å². The van der Waals surface area contributed by atoms with Crippen LogP contribution >= 0.6 is 0 Å². The van der Waals surface area contributed by atoms with Crippen LogP contribution in [0.2, 0.25) is 0 Å². The lowest BCUT2D eigenvalue weighted by Crippen LogP contribution is -2.63. The van der Waals surface area contributed by atoms with Gasteiger partial charge in [0.15, 0.2) is 0 Å². The van der Waals surface area contributed by atoms with Crippen molar-refractivity contribution in [3.05, 3.63) is 47.2 Å². The molecule has 0 N–H and O–H groups in total. The number of carbonyl (C=O) groups is 1. The molecule has 0 radical (unpaired) electrons. The molecule has 1 saturated heterocycles. The number of piperazine rings is 1. The molecule has 2 bridgehead atoms. The van der Waals surface area contributed by atoms with Crippen molar-refractivity contribution < 1.29 is 13.6 Å². The van der Waals surface area contributed by atoms with Gasteiger partial charge in [-0.1, -0.05) is 19.9 Å². The minimum atomic E-state index is -0.629. The Morgan fingerprint density at radius 2 is 1.87 bits per heavy atom. The van der Waals surface area contributed by atoms with E-state index in [0.29, 0.717) is 6.54 Å². The van der Waals surface area contributed by atoms with E-state index in [4.69, 9.17) is 0 Å². The Labute approximate surface area is 181 Å². The molecule has 31 heavy (non-hydrogen) atoms. The number of rotatable bonds is 2. The first-order valence-corrected chi connectivity index (χ1v) is 11.0. The van der Waals surface area contributed by atoms with Gasteiger partial charge in [0.25, 0.3) is 0 Å². The van der Waals surface area contributed by atoms with E-state index < -0.39 is 11.6 Å². The number of carbonyl (C=O) groups excluding carboxylic acids is 1. The zero-order chi connectivity index (χ0) is 22.1. The van der Waals surface area contributed by atoms with Gasteiger partial charge in [0, 0.05) is 38.0 Å². The number of hydrogen-bond acceptors (Lipinski definition) is 4. The van der Waals surface area contributed by atoms with Crippen LogP contribution in [0.5, 0.6) is 0 Å². The molecule has 2 fully saturated rings. The van der Waals surface area contributed by atoms with Crippen LogP contribution in [0.15, 0.2) is 24.3 Å². The van der Waals surface area contributed by atoms with E-state index in [1.54, 1.807) is 6.92 Å². The Kier molecular flexibility index (Phi) is 4.49. The van der Waals surface area contributed by atoms with Gasteiger partial charge < -0.3 is 4.90 Å². The molecule has 2 aromatic rings. The van der Waals surface area contributed by atoms with Gasteiger partial charge >= 0.3 is 0 Å². The topological polar surface area (TPSA) is 49.3 Å². The molecule has 3 aliphatic rings. The lowest BCUT2D eigenvalue weighted by atomic mass is 9.63. The third-order valence-electron chi connectivity index (χ3n) is 8.35. The second kappa shape index (κ2) is 6.79. The van der Waals surface area contributed by atoms with Crippen LogP contribution in [0.25, 0.3) is 11.3 Å². The number of halogens is 2. The number of amides is 1. The summed E-state index contributed by atoms with van der Waals surface area (Å²) >= 11 is 0. The fraction of sp³-hybridized carbons (Fsp3) is 0.542. The van der Waals surface area contributed by atoms with Gasteiger partial charge in [-0.15, -0.1) is 0 Å². The monoisotopic (exact) mass is 426 g/mol. The molecule has 1 aliphatic heterocycles. The average molecular weight is 427 g/mol. The Morgan fingerprint density at radius 1 is 1.16 bits per heavy atom. The van der Waals surface area contributed by atoms with E-state index in [9.17, 15) is 13.6 Å². The molecular formula is C24H28F2N4O. The highest BCUT2D eigenvalue weighted by Crippen LogP contribution is 2.69. The molecule has 1 amide bonds. The fourth-order valence-corrected chi connectivity index (χ4v) is 6.66. The van der Waals surface area contributed by atoms with Gasteiger partial charge in [0.1, 0.15) is 11.6 Å². The van der Waals surface area contributed by atoms with Crippen molar-refractivity contribution >= 4 is 5.91 Å². The minimum absolute atomic E-state index is 0.0940. The average Bonchev–Trinajstić information content (AvgIpc) is 3.09. The highest BCUT2D eigenvalue weighted by molar-refractivity contribution is 5.73. The van der Waals surface area contributed by atoms with E-state index in [-0.39, 0.29) is 40.0 Å². The maximum absolute atomic E-state index is 14.4. The second-order valence-corrected chi connectivity index (χ2v) is 9.88. The number of fused-ring (bicyclic) bond motifs is 5. The van der Waals surface area contributed by atoms with Crippen molar-refractivity contribution in [3.63, 3.8) is 0 Å². The normalized spacial score (nSPS) is 29.3. The predicted molar refractivity (Wildman–Crippen MR) is 113 cm³/mol. The molecule has 1 saturated carbocycles. The van der Waals surface area contributed by atoms with Crippen LogP contribution in [0, 0.1) is 17.0 Å². The van der Waals surface area contributed by atoms with Gasteiger partial charge in [-0.3, -0.25) is 9.69 Å². The van der Waals surface area contributed by atoms with Crippen LogP contribution in [-0.2, 0) is 10.2 Å². The summed E-state index contributed by atoms with van der Waals surface area (Å²) in [5.41, 5.74) is 1.76. The van der Waals surface area contributed by atoms with Crippen molar-refractivity contribution in [1.82, 2.24) is 20.0 Å². The summed E-state index contributed by atoms with van der Waals surface area (Å²) in [4.78, 5) is 16.4. The Hall–Kier alpha value is -2.41. The zero-order valence-electron chi connectivity index (χ0n) is 18.5. The van der Waals surface area contributed by atoms with Gasteiger partial charge in [0.05, 0.1) is 17.0 Å². The van der Waals surface area contributed by atoms with Crippen molar-refractivity contribution in [1.29, 1.82) is 0 Å². The lowest BCUT2D eigenvalue weighted by molar-refractivity contribution is -0.133. The molecule has 5 rings (SSSR count). The van der Waals surface area contributed by atoms with Crippen LogP contribution in [0.1, 0.15) is 50.8 Å². The number of aromatic nitrogens is 2. The maximum Gasteiger partial charge on any atom is 0.219 e. The van der Waals surface area contributed by atoms with Crippen LogP contribution in [0.3, 0.4) is 0 Å². The molecule has 3 unspecified atom stereocenters. The third kappa shape index (κ3) is 2.65. The van der Waals surface area contributed by atoms with Crippen LogP contribution < -0.4 is 0 Å². The fourth-order valence-electron chi connectivity index (χ4n) is 6.66. The van der Waals surface area contributed by atoms with Crippen molar-refractivity contribution in [2.75, 3.05) is 26.7 Å². The summed E-state index contributed by atoms with van der Waals surface area (Å²) in [7, 11) is 2.12. The van der Waals surface area contributed by atoms with Crippen LogP contribution in [0.4, 0.5) is 8.78 Å². The minimum Gasteiger partial charge on any atom is -0.340 e. The summed E-state index contributed by atoms with van der Waals surface area (Å²) in [5.74, 6) is -0.921. The SMILES string of the molecule is CC(=O)N1CCN(C)C(C23CCC(c4cc(-c5c(F)cccc5F)nnc42)C3(C)C)C1. The van der Waals surface area contributed by atoms with Gasteiger partial charge in [-0.25, -0.2) is 8.78 Å². The molecule has 5 nitrogen and oxygen atoms in total. The third-order valence-corrected chi connectivity index (χ3v) is 8.35. The first kappa shape index (κ1) is 20.5.